The molecule has 3 aromatic rings. The second kappa shape index (κ2) is 7.23. The van der Waals surface area contributed by atoms with Gasteiger partial charge in [-0.3, -0.25) is 14.9 Å². The van der Waals surface area contributed by atoms with Crippen molar-refractivity contribution in [1.82, 2.24) is 10.3 Å². The standard InChI is InChI=1S/C18H15N3O3S/c1-12-11-25-18(20-12)15-4-2-3-13(9-15)10-19-17(22)14-5-7-16(8-6-14)21(23)24/h2-9,11H,10H2,1H3,(H,19,22). The Hall–Kier alpha value is -3.06. The highest BCUT2D eigenvalue weighted by molar-refractivity contribution is 7.13. The van der Waals surface area contributed by atoms with Crippen LogP contribution in [0.25, 0.3) is 10.6 Å². The molecule has 0 aliphatic heterocycles. The van der Waals surface area contributed by atoms with Gasteiger partial charge in [-0.05, 0) is 30.7 Å². The number of thiazole rings is 1. The Labute approximate surface area is 148 Å². The van der Waals surface area contributed by atoms with Crippen LogP contribution in [0.15, 0.2) is 53.9 Å². The largest absolute Gasteiger partial charge is 0.348 e. The van der Waals surface area contributed by atoms with Gasteiger partial charge in [0.25, 0.3) is 11.6 Å². The highest BCUT2D eigenvalue weighted by atomic mass is 32.1. The summed E-state index contributed by atoms with van der Waals surface area (Å²) in [5.41, 5.74) is 3.30. The summed E-state index contributed by atoms with van der Waals surface area (Å²) < 4.78 is 0. The third kappa shape index (κ3) is 4.07. The van der Waals surface area contributed by atoms with Crippen LogP contribution in [0.4, 0.5) is 5.69 Å². The number of carbonyl (C=O) groups excluding carboxylic acids is 1. The number of carbonyl (C=O) groups is 1. The second-order valence-electron chi connectivity index (χ2n) is 5.48. The second-order valence-corrected chi connectivity index (χ2v) is 6.34. The van der Waals surface area contributed by atoms with E-state index in [2.05, 4.69) is 10.3 Å². The van der Waals surface area contributed by atoms with E-state index in [4.69, 9.17) is 0 Å². The number of hydrogen-bond acceptors (Lipinski definition) is 5. The van der Waals surface area contributed by atoms with E-state index in [0.29, 0.717) is 12.1 Å². The minimum absolute atomic E-state index is 0.0389. The molecule has 1 N–H and O–H groups in total. The summed E-state index contributed by atoms with van der Waals surface area (Å²) in [7, 11) is 0. The minimum atomic E-state index is -0.493. The molecule has 1 heterocycles. The number of non-ortho nitro benzene ring substituents is 1. The molecule has 0 spiro atoms. The summed E-state index contributed by atoms with van der Waals surface area (Å²) in [5, 5.41) is 16.4. The summed E-state index contributed by atoms with van der Waals surface area (Å²) in [6, 6.07) is 13.4. The van der Waals surface area contributed by atoms with Crippen molar-refractivity contribution in [3.05, 3.63) is 80.8 Å². The van der Waals surface area contributed by atoms with Gasteiger partial charge in [0.15, 0.2) is 0 Å². The Bertz CT molecular complexity index is 919. The zero-order valence-electron chi connectivity index (χ0n) is 13.4. The summed E-state index contributed by atoms with van der Waals surface area (Å²) >= 11 is 1.58. The fourth-order valence-electron chi connectivity index (χ4n) is 2.32. The van der Waals surface area contributed by atoms with Gasteiger partial charge in [0.05, 0.1) is 4.92 Å². The Morgan fingerprint density at radius 1 is 1.24 bits per heavy atom. The molecular formula is C18H15N3O3S. The van der Waals surface area contributed by atoms with Crippen LogP contribution in [0, 0.1) is 17.0 Å². The number of hydrogen-bond donors (Lipinski definition) is 1. The molecule has 0 saturated heterocycles. The van der Waals surface area contributed by atoms with Crippen molar-refractivity contribution < 1.29 is 9.72 Å². The first-order chi connectivity index (χ1) is 12.0. The molecule has 0 aliphatic carbocycles. The Balaban J connectivity index is 1.67. The monoisotopic (exact) mass is 353 g/mol. The van der Waals surface area contributed by atoms with Crippen molar-refractivity contribution >= 4 is 22.9 Å². The SMILES string of the molecule is Cc1csc(-c2cccc(CNC(=O)c3ccc([N+](=O)[O-])cc3)c2)n1. The van der Waals surface area contributed by atoms with E-state index in [1.807, 2.05) is 36.6 Å². The molecular weight excluding hydrogens is 338 g/mol. The third-order valence-electron chi connectivity index (χ3n) is 3.59. The first kappa shape index (κ1) is 16.8. The Morgan fingerprint density at radius 2 is 2.00 bits per heavy atom. The van der Waals surface area contributed by atoms with E-state index in [9.17, 15) is 14.9 Å². The number of benzene rings is 2. The van der Waals surface area contributed by atoms with Crippen LogP contribution in [-0.2, 0) is 6.54 Å². The zero-order chi connectivity index (χ0) is 17.8. The van der Waals surface area contributed by atoms with Crippen LogP contribution in [0.5, 0.6) is 0 Å². The molecule has 0 fully saturated rings. The molecule has 0 unspecified atom stereocenters. The van der Waals surface area contributed by atoms with E-state index in [0.717, 1.165) is 21.8 Å². The summed E-state index contributed by atoms with van der Waals surface area (Å²) in [4.78, 5) is 26.8. The molecule has 0 atom stereocenters. The van der Waals surface area contributed by atoms with Gasteiger partial charge in [-0.2, -0.15) is 0 Å². The third-order valence-corrected chi connectivity index (χ3v) is 4.60. The van der Waals surface area contributed by atoms with Crippen LogP contribution in [0.3, 0.4) is 0 Å². The maximum absolute atomic E-state index is 12.2. The highest BCUT2D eigenvalue weighted by Gasteiger charge is 2.10. The molecule has 7 heteroatoms. The lowest BCUT2D eigenvalue weighted by atomic mass is 10.1. The topological polar surface area (TPSA) is 85.1 Å². The van der Waals surface area contributed by atoms with Crippen molar-refractivity contribution in [2.75, 3.05) is 0 Å². The number of amides is 1. The molecule has 1 amide bonds. The van der Waals surface area contributed by atoms with Gasteiger partial charge in [0, 0.05) is 40.9 Å². The minimum Gasteiger partial charge on any atom is -0.348 e. The number of aryl methyl sites for hydroxylation is 1. The van der Waals surface area contributed by atoms with E-state index >= 15 is 0 Å². The first-order valence-corrected chi connectivity index (χ1v) is 8.45. The predicted octanol–water partition coefficient (Wildman–Crippen LogP) is 3.96. The van der Waals surface area contributed by atoms with Crippen LogP contribution in [-0.4, -0.2) is 15.8 Å². The number of rotatable bonds is 5. The fraction of sp³-hybridized carbons (Fsp3) is 0.111. The van der Waals surface area contributed by atoms with Gasteiger partial charge in [0.1, 0.15) is 5.01 Å². The van der Waals surface area contributed by atoms with Gasteiger partial charge in [-0.15, -0.1) is 11.3 Å². The predicted molar refractivity (Wildman–Crippen MR) is 96.6 cm³/mol. The molecule has 1 aromatic heterocycles. The number of nitrogens with zero attached hydrogens (tertiary/aromatic N) is 2. The van der Waals surface area contributed by atoms with Crippen LogP contribution >= 0.6 is 11.3 Å². The molecule has 0 bridgehead atoms. The van der Waals surface area contributed by atoms with Gasteiger partial charge in [-0.25, -0.2) is 4.98 Å². The van der Waals surface area contributed by atoms with Crippen molar-refractivity contribution in [2.45, 2.75) is 13.5 Å². The number of aromatic nitrogens is 1. The van der Waals surface area contributed by atoms with Crippen molar-refractivity contribution in [1.29, 1.82) is 0 Å². The van der Waals surface area contributed by atoms with Crippen molar-refractivity contribution in [3.8, 4) is 10.6 Å². The maximum Gasteiger partial charge on any atom is 0.269 e. The zero-order valence-corrected chi connectivity index (χ0v) is 14.2. The number of nitro groups is 1. The number of nitrogens with one attached hydrogen (secondary N) is 1. The molecule has 126 valence electrons. The van der Waals surface area contributed by atoms with Gasteiger partial charge < -0.3 is 5.32 Å². The quantitative estimate of drug-likeness (QED) is 0.556. The van der Waals surface area contributed by atoms with Gasteiger partial charge >= 0.3 is 0 Å². The lowest BCUT2D eigenvalue weighted by Crippen LogP contribution is -2.22. The molecule has 6 nitrogen and oxygen atoms in total. The van der Waals surface area contributed by atoms with Crippen molar-refractivity contribution in [2.24, 2.45) is 0 Å². The van der Waals surface area contributed by atoms with Gasteiger partial charge in [-0.1, -0.05) is 18.2 Å². The first-order valence-electron chi connectivity index (χ1n) is 7.57. The fourth-order valence-corrected chi connectivity index (χ4v) is 3.11. The van der Waals surface area contributed by atoms with E-state index < -0.39 is 4.92 Å². The Kier molecular flexibility index (Phi) is 4.85. The summed E-state index contributed by atoms with van der Waals surface area (Å²) in [6.45, 7) is 2.32. The average Bonchev–Trinajstić information content (AvgIpc) is 3.06. The summed E-state index contributed by atoms with van der Waals surface area (Å²) in [5.74, 6) is -0.273. The van der Waals surface area contributed by atoms with Gasteiger partial charge in [0.2, 0.25) is 0 Å². The average molecular weight is 353 g/mol. The molecule has 0 saturated carbocycles. The van der Waals surface area contributed by atoms with Crippen LogP contribution < -0.4 is 5.32 Å². The van der Waals surface area contributed by atoms with Crippen LogP contribution in [0.2, 0.25) is 0 Å². The lowest BCUT2D eigenvalue weighted by Gasteiger charge is -2.06. The molecule has 2 aromatic carbocycles. The number of nitro benzene ring substituents is 1. The normalized spacial score (nSPS) is 10.4. The molecule has 3 rings (SSSR count). The van der Waals surface area contributed by atoms with E-state index in [1.165, 1.54) is 24.3 Å². The van der Waals surface area contributed by atoms with Crippen molar-refractivity contribution in [3.63, 3.8) is 0 Å². The lowest BCUT2D eigenvalue weighted by molar-refractivity contribution is -0.384. The Morgan fingerprint density at radius 3 is 2.64 bits per heavy atom. The molecule has 0 radical (unpaired) electrons. The maximum atomic E-state index is 12.2. The smallest absolute Gasteiger partial charge is 0.269 e. The van der Waals surface area contributed by atoms with E-state index in [1.54, 1.807) is 11.3 Å². The van der Waals surface area contributed by atoms with Crippen LogP contribution in [0.1, 0.15) is 21.6 Å². The summed E-state index contributed by atoms with van der Waals surface area (Å²) in [6.07, 6.45) is 0. The molecule has 0 aliphatic rings. The highest BCUT2D eigenvalue weighted by Crippen LogP contribution is 2.24. The molecule has 25 heavy (non-hydrogen) atoms. The van der Waals surface area contributed by atoms with E-state index in [-0.39, 0.29) is 11.6 Å².